The average Bonchev–Trinajstić information content (AvgIpc) is 2.81. The molecule has 0 radical (unpaired) electrons. The first-order valence-electron chi connectivity index (χ1n) is 7.11. The monoisotopic (exact) mass is 288 g/mol. The zero-order chi connectivity index (χ0) is 14.8. The van der Waals surface area contributed by atoms with Crippen LogP contribution in [0.1, 0.15) is 54.7 Å². The summed E-state index contributed by atoms with van der Waals surface area (Å²) in [7, 11) is 0. The molecule has 0 fully saturated rings. The molecule has 0 saturated heterocycles. The summed E-state index contributed by atoms with van der Waals surface area (Å²) >= 11 is 1.76. The van der Waals surface area contributed by atoms with Crippen LogP contribution in [0.15, 0.2) is 30.5 Å². The van der Waals surface area contributed by atoms with Crippen LogP contribution in [-0.2, 0) is 12.0 Å². The third-order valence-corrected chi connectivity index (χ3v) is 4.42. The summed E-state index contributed by atoms with van der Waals surface area (Å²) in [5.41, 5.74) is 2.92. The highest BCUT2D eigenvalue weighted by Gasteiger charge is 2.14. The van der Waals surface area contributed by atoms with E-state index >= 15 is 0 Å². The Morgan fingerprint density at radius 2 is 1.85 bits per heavy atom. The van der Waals surface area contributed by atoms with Gasteiger partial charge in [0.25, 0.3) is 0 Å². The topological polar surface area (TPSA) is 24.9 Å². The maximum absolute atomic E-state index is 4.38. The first-order chi connectivity index (χ1) is 9.36. The van der Waals surface area contributed by atoms with Crippen molar-refractivity contribution in [3.05, 3.63) is 51.5 Å². The Balaban J connectivity index is 1.97. The minimum absolute atomic E-state index is 0.216. The number of hydrogen-bond donors (Lipinski definition) is 1. The Morgan fingerprint density at radius 1 is 1.20 bits per heavy atom. The van der Waals surface area contributed by atoms with E-state index in [4.69, 9.17) is 0 Å². The van der Waals surface area contributed by atoms with Gasteiger partial charge in [0.1, 0.15) is 5.01 Å². The summed E-state index contributed by atoms with van der Waals surface area (Å²) in [5, 5.41) is 4.69. The molecule has 0 amide bonds. The van der Waals surface area contributed by atoms with Crippen molar-refractivity contribution in [3.63, 3.8) is 0 Å². The summed E-state index contributed by atoms with van der Waals surface area (Å²) in [6.45, 7) is 11.9. The third-order valence-electron chi connectivity index (χ3n) is 3.51. The van der Waals surface area contributed by atoms with Gasteiger partial charge in [0.15, 0.2) is 0 Å². The Labute approximate surface area is 126 Å². The smallest absolute Gasteiger partial charge is 0.107 e. The van der Waals surface area contributed by atoms with E-state index in [1.54, 1.807) is 11.3 Å². The van der Waals surface area contributed by atoms with E-state index in [1.165, 1.54) is 16.0 Å². The number of benzene rings is 1. The van der Waals surface area contributed by atoms with Crippen molar-refractivity contribution in [1.82, 2.24) is 10.3 Å². The van der Waals surface area contributed by atoms with E-state index in [9.17, 15) is 0 Å². The lowest BCUT2D eigenvalue weighted by molar-refractivity contribution is 0.568. The van der Waals surface area contributed by atoms with E-state index < -0.39 is 0 Å². The number of nitrogens with zero attached hydrogens (tertiary/aromatic N) is 1. The molecule has 1 aromatic heterocycles. The van der Waals surface area contributed by atoms with Crippen LogP contribution in [0, 0.1) is 6.92 Å². The molecule has 1 aromatic carbocycles. The highest BCUT2D eigenvalue weighted by atomic mass is 32.1. The van der Waals surface area contributed by atoms with Crippen LogP contribution in [-0.4, -0.2) is 4.98 Å². The number of thiazole rings is 1. The maximum atomic E-state index is 4.38. The summed E-state index contributed by atoms with van der Waals surface area (Å²) in [6, 6.07) is 9.27. The van der Waals surface area contributed by atoms with Gasteiger partial charge in [0.2, 0.25) is 0 Å². The first-order valence-corrected chi connectivity index (χ1v) is 7.93. The molecule has 1 unspecified atom stereocenters. The van der Waals surface area contributed by atoms with Crippen LogP contribution < -0.4 is 5.32 Å². The van der Waals surface area contributed by atoms with Crippen molar-refractivity contribution in [3.8, 4) is 0 Å². The zero-order valence-corrected chi connectivity index (χ0v) is 13.8. The molecule has 3 heteroatoms. The molecule has 0 bridgehead atoms. The van der Waals surface area contributed by atoms with Gasteiger partial charge in [0, 0.05) is 23.7 Å². The Hall–Kier alpha value is -1.19. The summed E-state index contributed by atoms with van der Waals surface area (Å²) < 4.78 is 0. The normalized spacial score (nSPS) is 13.4. The van der Waals surface area contributed by atoms with Crippen molar-refractivity contribution in [2.24, 2.45) is 0 Å². The summed E-state index contributed by atoms with van der Waals surface area (Å²) in [4.78, 5) is 5.65. The Kier molecular flexibility index (Phi) is 4.61. The highest BCUT2D eigenvalue weighted by Crippen LogP contribution is 2.24. The molecule has 0 aliphatic rings. The minimum atomic E-state index is 0.216. The van der Waals surface area contributed by atoms with E-state index in [0.29, 0.717) is 6.04 Å². The van der Waals surface area contributed by atoms with E-state index in [1.807, 2.05) is 6.20 Å². The molecule has 0 spiro atoms. The molecule has 1 N–H and O–H groups in total. The van der Waals surface area contributed by atoms with Crippen molar-refractivity contribution in [2.45, 2.75) is 52.6 Å². The molecule has 0 saturated carbocycles. The second-order valence-electron chi connectivity index (χ2n) is 6.34. The predicted octanol–water partition coefficient (Wildman–Crippen LogP) is 4.60. The highest BCUT2D eigenvalue weighted by molar-refractivity contribution is 7.11. The molecular formula is C17H24N2S. The van der Waals surface area contributed by atoms with E-state index in [-0.39, 0.29) is 5.41 Å². The molecule has 1 heterocycles. The molecular weight excluding hydrogens is 264 g/mol. The van der Waals surface area contributed by atoms with Crippen LogP contribution in [0.2, 0.25) is 0 Å². The maximum Gasteiger partial charge on any atom is 0.107 e. The van der Waals surface area contributed by atoms with Gasteiger partial charge in [-0.1, -0.05) is 45.0 Å². The van der Waals surface area contributed by atoms with E-state index in [2.05, 4.69) is 69.2 Å². The number of hydrogen-bond acceptors (Lipinski definition) is 3. The lowest BCUT2D eigenvalue weighted by atomic mass is 9.86. The molecule has 0 aliphatic heterocycles. The lowest BCUT2D eigenvalue weighted by Gasteiger charge is -2.20. The van der Waals surface area contributed by atoms with Gasteiger partial charge in [-0.3, -0.25) is 0 Å². The van der Waals surface area contributed by atoms with Gasteiger partial charge < -0.3 is 5.32 Å². The SMILES string of the molecule is Cc1cnc(CNC(C)c2ccc(C(C)(C)C)cc2)s1. The van der Waals surface area contributed by atoms with Crippen LogP contribution >= 0.6 is 11.3 Å². The second-order valence-corrected chi connectivity index (χ2v) is 7.66. The minimum Gasteiger partial charge on any atom is -0.304 e. The van der Waals surface area contributed by atoms with Gasteiger partial charge in [-0.25, -0.2) is 4.98 Å². The van der Waals surface area contributed by atoms with Crippen molar-refractivity contribution in [2.75, 3.05) is 0 Å². The fourth-order valence-corrected chi connectivity index (χ4v) is 2.85. The number of nitrogens with one attached hydrogen (secondary N) is 1. The van der Waals surface area contributed by atoms with Gasteiger partial charge >= 0.3 is 0 Å². The molecule has 1 atom stereocenters. The first kappa shape index (κ1) is 15.2. The van der Waals surface area contributed by atoms with Crippen molar-refractivity contribution < 1.29 is 0 Å². The fraction of sp³-hybridized carbons (Fsp3) is 0.471. The number of aromatic nitrogens is 1. The fourth-order valence-electron chi connectivity index (χ4n) is 2.11. The van der Waals surface area contributed by atoms with Crippen LogP contribution in [0.5, 0.6) is 0 Å². The standard InChI is InChI=1S/C17H24N2S/c1-12-10-19-16(20-12)11-18-13(2)14-6-8-15(9-7-14)17(3,4)5/h6-10,13,18H,11H2,1-5H3. The molecule has 20 heavy (non-hydrogen) atoms. The van der Waals surface area contributed by atoms with Crippen LogP contribution in [0.3, 0.4) is 0 Å². The zero-order valence-electron chi connectivity index (χ0n) is 13.0. The summed E-state index contributed by atoms with van der Waals surface area (Å²) in [6.07, 6.45) is 1.93. The van der Waals surface area contributed by atoms with Gasteiger partial charge in [0.05, 0.1) is 0 Å². The Morgan fingerprint density at radius 3 is 2.35 bits per heavy atom. The van der Waals surface area contributed by atoms with Gasteiger partial charge in [-0.05, 0) is 30.4 Å². The van der Waals surface area contributed by atoms with Gasteiger partial charge in [-0.2, -0.15) is 0 Å². The molecule has 108 valence electrons. The van der Waals surface area contributed by atoms with Crippen molar-refractivity contribution in [1.29, 1.82) is 0 Å². The number of rotatable bonds is 4. The van der Waals surface area contributed by atoms with Gasteiger partial charge in [-0.15, -0.1) is 11.3 Å². The van der Waals surface area contributed by atoms with Crippen LogP contribution in [0.25, 0.3) is 0 Å². The molecule has 0 aliphatic carbocycles. The van der Waals surface area contributed by atoms with Crippen molar-refractivity contribution >= 4 is 11.3 Å². The summed E-state index contributed by atoms with van der Waals surface area (Å²) in [5.74, 6) is 0. The largest absolute Gasteiger partial charge is 0.304 e. The second kappa shape index (κ2) is 6.06. The molecule has 2 rings (SSSR count). The predicted molar refractivity (Wildman–Crippen MR) is 87.2 cm³/mol. The number of aryl methyl sites for hydroxylation is 1. The van der Waals surface area contributed by atoms with E-state index in [0.717, 1.165) is 11.6 Å². The quantitative estimate of drug-likeness (QED) is 0.889. The lowest BCUT2D eigenvalue weighted by Crippen LogP contribution is -2.18. The Bertz CT molecular complexity index is 549. The molecule has 2 nitrogen and oxygen atoms in total. The molecule has 2 aromatic rings. The third kappa shape index (κ3) is 3.90. The average molecular weight is 288 g/mol. The van der Waals surface area contributed by atoms with Crippen LogP contribution in [0.4, 0.5) is 0 Å².